The van der Waals surface area contributed by atoms with E-state index in [1.54, 1.807) is 24.3 Å². The molecule has 0 aromatic heterocycles. The van der Waals surface area contributed by atoms with Crippen molar-refractivity contribution in [1.29, 1.82) is 0 Å². The van der Waals surface area contributed by atoms with Gasteiger partial charge in [0.1, 0.15) is 11.5 Å². The Hall–Kier alpha value is -2.18. The van der Waals surface area contributed by atoms with Crippen LogP contribution in [-0.2, 0) is 13.2 Å². The molecule has 2 aromatic carbocycles. The molecule has 0 radical (unpaired) electrons. The predicted octanol–water partition coefficient (Wildman–Crippen LogP) is 3.49. The predicted molar refractivity (Wildman–Crippen MR) is 77.8 cm³/mol. The molecule has 21 heavy (non-hydrogen) atoms. The van der Waals surface area contributed by atoms with E-state index in [-0.39, 0.29) is 23.0 Å². The van der Waals surface area contributed by atoms with Gasteiger partial charge in [-0.05, 0) is 17.2 Å². The Morgan fingerprint density at radius 2 is 1.86 bits per heavy atom. The number of nitro groups is 1. The molecule has 0 fully saturated rings. The lowest BCUT2D eigenvalue weighted by molar-refractivity contribution is -0.384. The van der Waals surface area contributed by atoms with E-state index in [1.165, 1.54) is 6.07 Å². The van der Waals surface area contributed by atoms with E-state index >= 15 is 0 Å². The molecule has 0 bridgehead atoms. The van der Waals surface area contributed by atoms with Crippen molar-refractivity contribution in [2.24, 2.45) is 0 Å². The second-order valence-corrected chi connectivity index (χ2v) is 4.78. The van der Waals surface area contributed by atoms with Crippen molar-refractivity contribution >= 4 is 23.0 Å². The molecule has 5 nitrogen and oxygen atoms in total. The summed E-state index contributed by atoms with van der Waals surface area (Å²) in [7, 11) is 0. The lowest BCUT2D eigenvalue weighted by Crippen LogP contribution is -2.03. The van der Waals surface area contributed by atoms with Gasteiger partial charge in [-0.25, -0.2) is 4.39 Å². The third-order valence-electron chi connectivity index (χ3n) is 2.92. The second-order valence-electron chi connectivity index (χ2n) is 4.37. The number of hydrogen-bond donors (Lipinski definition) is 2. The first-order valence-electron chi connectivity index (χ1n) is 6.07. The molecular weight excluding hydrogens is 299 g/mol. The molecule has 2 N–H and O–H groups in total. The van der Waals surface area contributed by atoms with Gasteiger partial charge in [-0.1, -0.05) is 35.9 Å². The number of nitrogens with zero attached hydrogens (tertiary/aromatic N) is 1. The fourth-order valence-electron chi connectivity index (χ4n) is 1.79. The van der Waals surface area contributed by atoms with Crippen LogP contribution in [0.15, 0.2) is 36.4 Å². The van der Waals surface area contributed by atoms with E-state index in [1.807, 2.05) is 0 Å². The van der Waals surface area contributed by atoms with E-state index in [9.17, 15) is 14.5 Å². The summed E-state index contributed by atoms with van der Waals surface area (Å²) in [5.41, 5.74) is 1.41. The Morgan fingerprint density at radius 3 is 2.43 bits per heavy atom. The van der Waals surface area contributed by atoms with Crippen LogP contribution in [-0.4, -0.2) is 10.0 Å². The van der Waals surface area contributed by atoms with Crippen LogP contribution in [0.1, 0.15) is 11.1 Å². The van der Waals surface area contributed by atoms with E-state index in [0.29, 0.717) is 6.54 Å². The number of aliphatic hydroxyl groups is 1. The van der Waals surface area contributed by atoms with Gasteiger partial charge >= 0.3 is 0 Å². The fraction of sp³-hybridized carbons (Fsp3) is 0.143. The van der Waals surface area contributed by atoms with Gasteiger partial charge in [-0.15, -0.1) is 0 Å². The fourth-order valence-corrected chi connectivity index (χ4v) is 1.95. The average molecular weight is 311 g/mol. The standard InChI is InChI=1S/C14H12ClFN2O3/c15-11-5-13(14(18(20)21)6-12(11)16)17-7-9-1-3-10(8-19)4-2-9/h1-6,17,19H,7-8H2. The monoisotopic (exact) mass is 310 g/mol. The lowest BCUT2D eigenvalue weighted by atomic mass is 10.1. The number of benzene rings is 2. The van der Waals surface area contributed by atoms with Gasteiger partial charge in [-0.2, -0.15) is 0 Å². The molecule has 0 aliphatic heterocycles. The zero-order valence-corrected chi connectivity index (χ0v) is 11.6. The first-order chi connectivity index (χ1) is 10.0. The number of aliphatic hydroxyl groups excluding tert-OH is 1. The van der Waals surface area contributed by atoms with Gasteiger partial charge in [-0.3, -0.25) is 10.1 Å². The maximum absolute atomic E-state index is 13.3. The molecule has 0 unspecified atom stereocenters. The Labute approximate surface area is 125 Å². The number of halogens is 2. The van der Waals surface area contributed by atoms with Crippen molar-refractivity contribution in [3.8, 4) is 0 Å². The molecule has 0 saturated heterocycles. The van der Waals surface area contributed by atoms with Gasteiger partial charge in [0.25, 0.3) is 5.69 Å². The average Bonchev–Trinajstić information content (AvgIpc) is 2.48. The third kappa shape index (κ3) is 3.68. The van der Waals surface area contributed by atoms with Crippen LogP contribution < -0.4 is 5.32 Å². The molecule has 7 heteroatoms. The molecule has 0 spiro atoms. The van der Waals surface area contributed by atoms with Crippen LogP contribution in [0.4, 0.5) is 15.8 Å². The summed E-state index contributed by atoms with van der Waals surface area (Å²) in [6.07, 6.45) is 0. The Bertz CT molecular complexity index is 662. The first kappa shape index (κ1) is 15.2. The van der Waals surface area contributed by atoms with Gasteiger partial charge in [0.05, 0.1) is 22.6 Å². The normalized spacial score (nSPS) is 10.4. The minimum atomic E-state index is -0.832. The van der Waals surface area contributed by atoms with Crippen LogP contribution in [0.25, 0.3) is 0 Å². The van der Waals surface area contributed by atoms with E-state index in [2.05, 4.69) is 5.32 Å². The number of hydrogen-bond acceptors (Lipinski definition) is 4. The second kappa shape index (κ2) is 6.51. The Kier molecular flexibility index (Phi) is 4.72. The highest BCUT2D eigenvalue weighted by atomic mass is 35.5. The summed E-state index contributed by atoms with van der Waals surface area (Å²) < 4.78 is 13.3. The lowest BCUT2D eigenvalue weighted by Gasteiger charge is -2.08. The van der Waals surface area contributed by atoms with Gasteiger partial charge < -0.3 is 10.4 Å². The van der Waals surface area contributed by atoms with Crippen LogP contribution in [0.3, 0.4) is 0 Å². The summed E-state index contributed by atoms with van der Waals surface area (Å²) in [5, 5.41) is 22.5. The summed E-state index contributed by atoms with van der Waals surface area (Å²) in [6.45, 7) is 0.265. The number of nitrogens with one attached hydrogen (secondary N) is 1. The smallest absolute Gasteiger partial charge is 0.295 e. The van der Waals surface area contributed by atoms with Crippen LogP contribution >= 0.6 is 11.6 Å². The molecule has 0 aliphatic rings. The summed E-state index contributed by atoms with van der Waals surface area (Å²) in [4.78, 5) is 10.2. The summed E-state index contributed by atoms with van der Waals surface area (Å²) in [6, 6.07) is 9.06. The van der Waals surface area contributed by atoms with Crippen LogP contribution in [0, 0.1) is 15.9 Å². The Balaban J connectivity index is 2.18. The Morgan fingerprint density at radius 1 is 1.24 bits per heavy atom. The largest absolute Gasteiger partial charge is 0.392 e. The van der Waals surface area contributed by atoms with E-state index in [0.717, 1.165) is 17.2 Å². The summed E-state index contributed by atoms with van der Waals surface area (Å²) >= 11 is 5.65. The van der Waals surface area contributed by atoms with Crippen LogP contribution in [0.5, 0.6) is 0 Å². The highest BCUT2D eigenvalue weighted by Gasteiger charge is 2.17. The maximum atomic E-state index is 13.3. The highest BCUT2D eigenvalue weighted by Crippen LogP contribution is 2.30. The third-order valence-corrected chi connectivity index (χ3v) is 3.21. The minimum absolute atomic E-state index is 0.0489. The van der Waals surface area contributed by atoms with Gasteiger partial charge in [0.15, 0.2) is 0 Å². The highest BCUT2D eigenvalue weighted by molar-refractivity contribution is 6.31. The zero-order valence-electron chi connectivity index (χ0n) is 10.8. The molecule has 2 aromatic rings. The molecule has 0 atom stereocenters. The van der Waals surface area contributed by atoms with Crippen molar-refractivity contribution in [1.82, 2.24) is 0 Å². The molecule has 0 saturated carbocycles. The van der Waals surface area contributed by atoms with Crippen LogP contribution in [0.2, 0.25) is 5.02 Å². The van der Waals surface area contributed by atoms with Gasteiger partial charge in [0, 0.05) is 6.54 Å². The molecule has 2 rings (SSSR count). The molecule has 110 valence electrons. The quantitative estimate of drug-likeness (QED) is 0.655. The van der Waals surface area contributed by atoms with Crippen molar-refractivity contribution in [2.75, 3.05) is 5.32 Å². The van der Waals surface area contributed by atoms with E-state index < -0.39 is 10.7 Å². The van der Waals surface area contributed by atoms with Crippen molar-refractivity contribution < 1.29 is 14.4 Å². The van der Waals surface area contributed by atoms with Crippen molar-refractivity contribution in [3.63, 3.8) is 0 Å². The number of nitro benzene ring substituents is 1. The van der Waals surface area contributed by atoms with Crippen molar-refractivity contribution in [2.45, 2.75) is 13.2 Å². The minimum Gasteiger partial charge on any atom is -0.392 e. The van der Waals surface area contributed by atoms with Gasteiger partial charge in [0.2, 0.25) is 0 Å². The molecule has 0 heterocycles. The summed E-state index contributed by atoms with van der Waals surface area (Å²) in [5.74, 6) is -0.832. The van der Waals surface area contributed by atoms with Crippen molar-refractivity contribution in [3.05, 3.63) is 68.5 Å². The molecule has 0 aliphatic carbocycles. The first-order valence-corrected chi connectivity index (χ1v) is 6.45. The van der Waals surface area contributed by atoms with E-state index in [4.69, 9.17) is 16.7 Å². The molecule has 0 amide bonds. The molecular formula is C14H12ClFN2O3. The zero-order chi connectivity index (χ0) is 15.4. The number of rotatable bonds is 5. The SMILES string of the molecule is O=[N+]([O-])c1cc(F)c(Cl)cc1NCc1ccc(CO)cc1. The topological polar surface area (TPSA) is 75.4 Å². The maximum Gasteiger partial charge on any atom is 0.295 e. The number of anilines is 1.